The second-order valence-corrected chi connectivity index (χ2v) is 6.86. The highest BCUT2D eigenvalue weighted by atomic mass is 32.1. The maximum atomic E-state index is 12.4. The van der Waals surface area contributed by atoms with Crippen LogP contribution in [0.2, 0.25) is 0 Å². The topological polar surface area (TPSA) is 80.8 Å². The molecule has 0 unspecified atom stereocenters. The van der Waals surface area contributed by atoms with Crippen LogP contribution in [0, 0.1) is 0 Å². The third-order valence-electron chi connectivity index (χ3n) is 4.14. The number of benzene rings is 2. The Bertz CT molecular complexity index is 1020. The van der Waals surface area contributed by atoms with Crippen LogP contribution >= 0.6 is 11.3 Å². The number of thiazole rings is 1. The quantitative estimate of drug-likeness (QED) is 0.586. The van der Waals surface area contributed by atoms with Gasteiger partial charge in [0.1, 0.15) is 12.4 Å². The number of methoxy groups -OCH3 is 1. The second kappa shape index (κ2) is 9.20. The summed E-state index contributed by atoms with van der Waals surface area (Å²) in [7, 11) is 3.29. The van der Waals surface area contributed by atoms with Gasteiger partial charge in [-0.05, 0) is 24.3 Å². The van der Waals surface area contributed by atoms with Crippen LogP contribution in [0.4, 0.5) is 16.5 Å². The lowest BCUT2D eigenvalue weighted by Crippen LogP contribution is -2.23. The van der Waals surface area contributed by atoms with Crippen molar-refractivity contribution in [2.75, 3.05) is 24.4 Å². The highest BCUT2D eigenvalue weighted by Crippen LogP contribution is 2.35. The van der Waals surface area contributed by atoms with Crippen molar-refractivity contribution in [3.05, 3.63) is 65.2 Å². The Morgan fingerprint density at radius 1 is 1.14 bits per heavy atom. The number of aromatic nitrogens is 1. The fourth-order valence-electron chi connectivity index (χ4n) is 2.78. The Morgan fingerprint density at radius 2 is 1.86 bits per heavy atom. The van der Waals surface area contributed by atoms with Crippen LogP contribution in [0.5, 0.6) is 5.75 Å². The molecule has 1 heterocycles. The molecule has 1 aromatic heterocycles. The van der Waals surface area contributed by atoms with Crippen molar-refractivity contribution < 1.29 is 19.1 Å². The van der Waals surface area contributed by atoms with Crippen LogP contribution in [-0.4, -0.2) is 31.0 Å². The van der Waals surface area contributed by atoms with Crippen molar-refractivity contribution in [2.24, 2.45) is 0 Å². The molecular formula is C21H21N3O4S. The number of carbonyl (C=O) groups is 2. The van der Waals surface area contributed by atoms with Crippen LogP contribution in [0.15, 0.2) is 53.9 Å². The number of rotatable bonds is 7. The van der Waals surface area contributed by atoms with Crippen LogP contribution < -0.4 is 15.0 Å². The molecule has 0 atom stereocenters. The molecule has 0 spiro atoms. The van der Waals surface area contributed by atoms with E-state index in [9.17, 15) is 9.59 Å². The van der Waals surface area contributed by atoms with E-state index in [1.807, 2.05) is 18.2 Å². The van der Waals surface area contributed by atoms with E-state index in [2.05, 4.69) is 10.3 Å². The summed E-state index contributed by atoms with van der Waals surface area (Å²) in [5, 5.41) is 5.20. The number of esters is 1. The third kappa shape index (κ3) is 4.55. The predicted octanol–water partition coefficient (Wildman–Crippen LogP) is 4.24. The largest absolute Gasteiger partial charge is 0.495 e. The highest BCUT2D eigenvalue weighted by Gasteiger charge is 2.21. The van der Waals surface area contributed by atoms with Crippen molar-refractivity contribution in [1.82, 2.24) is 4.98 Å². The fraction of sp³-hybridized carbons (Fsp3) is 0.190. The van der Waals surface area contributed by atoms with Gasteiger partial charge in [-0.25, -0.2) is 9.78 Å². The molecule has 2 aromatic carbocycles. The third-order valence-corrected chi connectivity index (χ3v) is 5.01. The van der Waals surface area contributed by atoms with E-state index in [0.717, 1.165) is 0 Å². The molecule has 0 fully saturated rings. The van der Waals surface area contributed by atoms with Gasteiger partial charge in [-0.2, -0.15) is 0 Å². The minimum Gasteiger partial charge on any atom is -0.495 e. The molecular weight excluding hydrogens is 390 g/mol. The summed E-state index contributed by atoms with van der Waals surface area (Å²) >= 11 is 1.29. The molecule has 29 heavy (non-hydrogen) atoms. The number of nitrogens with one attached hydrogen (secondary N) is 1. The molecule has 1 amide bonds. The lowest BCUT2D eigenvalue weighted by atomic mass is 10.2. The van der Waals surface area contributed by atoms with Crippen molar-refractivity contribution >= 4 is 39.7 Å². The van der Waals surface area contributed by atoms with Crippen molar-refractivity contribution in [1.29, 1.82) is 0 Å². The first-order valence-corrected chi connectivity index (χ1v) is 9.75. The Kier molecular flexibility index (Phi) is 6.46. The molecule has 150 valence electrons. The molecule has 0 radical (unpaired) electrons. The van der Waals surface area contributed by atoms with E-state index in [-0.39, 0.29) is 12.5 Å². The molecule has 3 rings (SSSR count). The van der Waals surface area contributed by atoms with Gasteiger partial charge in [-0.1, -0.05) is 24.3 Å². The Morgan fingerprint density at radius 3 is 2.59 bits per heavy atom. The van der Waals surface area contributed by atoms with Gasteiger partial charge in [0.05, 0.1) is 24.1 Å². The molecule has 0 aliphatic heterocycles. The van der Waals surface area contributed by atoms with E-state index in [0.29, 0.717) is 33.5 Å². The van der Waals surface area contributed by atoms with Crippen molar-refractivity contribution in [3.63, 3.8) is 0 Å². The Labute approximate surface area is 172 Å². The van der Waals surface area contributed by atoms with Gasteiger partial charge in [-0.3, -0.25) is 9.69 Å². The van der Waals surface area contributed by atoms with Crippen molar-refractivity contribution in [3.8, 4) is 5.75 Å². The standard InChI is InChI=1S/C21H21N3O4S/c1-14(25)24(18-10-6-7-11-19(18)27-3)21-23-15(13-29-21)12-28-20(26)16-8-4-5-9-17(16)22-2/h4-11,13,22H,12H2,1-3H3. The number of amides is 1. The van der Waals surface area contributed by atoms with Crippen LogP contribution in [0.3, 0.4) is 0 Å². The zero-order chi connectivity index (χ0) is 20.8. The fourth-order valence-corrected chi connectivity index (χ4v) is 3.65. The zero-order valence-electron chi connectivity index (χ0n) is 16.3. The summed E-state index contributed by atoms with van der Waals surface area (Å²) in [4.78, 5) is 30.6. The lowest BCUT2D eigenvalue weighted by Gasteiger charge is -2.20. The van der Waals surface area contributed by atoms with Gasteiger partial charge < -0.3 is 14.8 Å². The van der Waals surface area contributed by atoms with Crippen LogP contribution in [0.1, 0.15) is 23.0 Å². The first-order chi connectivity index (χ1) is 14.0. The van der Waals surface area contributed by atoms with Crippen LogP contribution in [0.25, 0.3) is 0 Å². The average molecular weight is 411 g/mol. The predicted molar refractivity (Wildman–Crippen MR) is 113 cm³/mol. The van der Waals surface area contributed by atoms with Gasteiger partial charge in [-0.15, -0.1) is 11.3 Å². The Balaban J connectivity index is 1.77. The number of ether oxygens (including phenoxy) is 2. The second-order valence-electron chi connectivity index (χ2n) is 6.02. The maximum absolute atomic E-state index is 12.4. The van der Waals surface area contributed by atoms with E-state index >= 15 is 0 Å². The number of nitrogens with zero attached hydrogens (tertiary/aromatic N) is 2. The van der Waals surface area contributed by atoms with Gasteiger partial charge in [0.25, 0.3) is 0 Å². The molecule has 0 aliphatic rings. The van der Waals surface area contributed by atoms with E-state index in [4.69, 9.17) is 9.47 Å². The molecule has 0 bridgehead atoms. The Hall–Kier alpha value is -3.39. The molecule has 0 aliphatic carbocycles. The molecule has 3 aromatic rings. The normalized spacial score (nSPS) is 10.3. The number of hydrogen-bond acceptors (Lipinski definition) is 7. The first-order valence-electron chi connectivity index (χ1n) is 8.87. The minimum atomic E-state index is -0.447. The van der Waals surface area contributed by atoms with Crippen molar-refractivity contribution in [2.45, 2.75) is 13.5 Å². The number of para-hydroxylation sites is 3. The van der Waals surface area contributed by atoms with Crippen LogP contribution in [-0.2, 0) is 16.1 Å². The lowest BCUT2D eigenvalue weighted by molar-refractivity contribution is -0.115. The maximum Gasteiger partial charge on any atom is 0.340 e. The molecule has 0 saturated heterocycles. The number of hydrogen-bond donors (Lipinski definition) is 1. The SMILES string of the molecule is CNc1ccccc1C(=O)OCc1csc(N(C(C)=O)c2ccccc2OC)n1. The smallest absolute Gasteiger partial charge is 0.340 e. The summed E-state index contributed by atoms with van der Waals surface area (Å²) in [5.41, 5.74) is 2.30. The van der Waals surface area contributed by atoms with Gasteiger partial charge in [0, 0.05) is 25.0 Å². The van der Waals surface area contributed by atoms with E-state index < -0.39 is 5.97 Å². The highest BCUT2D eigenvalue weighted by molar-refractivity contribution is 7.14. The summed E-state index contributed by atoms with van der Waals surface area (Å²) in [5.74, 6) is -0.0810. The number of carbonyl (C=O) groups excluding carboxylic acids is 2. The van der Waals surface area contributed by atoms with Gasteiger partial charge >= 0.3 is 5.97 Å². The molecule has 7 nitrogen and oxygen atoms in total. The van der Waals surface area contributed by atoms with E-state index in [1.54, 1.807) is 49.9 Å². The summed E-state index contributed by atoms with van der Waals surface area (Å²) in [6, 6.07) is 14.3. The zero-order valence-corrected chi connectivity index (χ0v) is 17.2. The average Bonchev–Trinajstić information content (AvgIpc) is 3.20. The molecule has 1 N–H and O–H groups in total. The molecule has 0 saturated carbocycles. The van der Waals surface area contributed by atoms with Gasteiger partial charge in [0.15, 0.2) is 5.13 Å². The van der Waals surface area contributed by atoms with Gasteiger partial charge in [0.2, 0.25) is 5.91 Å². The summed E-state index contributed by atoms with van der Waals surface area (Å²) in [6.07, 6.45) is 0. The summed E-state index contributed by atoms with van der Waals surface area (Å²) < 4.78 is 10.8. The summed E-state index contributed by atoms with van der Waals surface area (Å²) in [6.45, 7) is 1.47. The monoisotopic (exact) mass is 411 g/mol. The number of anilines is 3. The van der Waals surface area contributed by atoms with E-state index in [1.165, 1.54) is 23.2 Å². The minimum absolute atomic E-state index is 0.00501. The first kappa shape index (κ1) is 20.3. The molecule has 8 heteroatoms.